The van der Waals surface area contributed by atoms with Crippen molar-refractivity contribution in [3.05, 3.63) is 41.5 Å². The molecule has 1 saturated carbocycles. The van der Waals surface area contributed by atoms with Crippen molar-refractivity contribution in [2.45, 2.75) is 91.9 Å². The number of carbonyl (C=O) groups excluding carboxylic acids is 1. The third kappa shape index (κ3) is 7.41. The van der Waals surface area contributed by atoms with E-state index in [-0.39, 0.29) is 23.8 Å². The Morgan fingerprint density at radius 1 is 1.21 bits per heavy atom. The molecular weight excluding hydrogens is 514 g/mol. The van der Waals surface area contributed by atoms with E-state index in [1.165, 1.54) is 19.3 Å². The highest BCUT2D eigenvalue weighted by Gasteiger charge is 2.47. The summed E-state index contributed by atoms with van der Waals surface area (Å²) in [5, 5.41) is 0. The topological polar surface area (TPSA) is 113 Å². The molecule has 8 nitrogen and oxygen atoms in total. The average Bonchev–Trinajstić information content (AvgIpc) is 3.51. The molecule has 4 rings (SSSR count). The van der Waals surface area contributed by atoms with Gasteiger partial charge in [-0.15, -0.1) is 0 Å². The SMILES string of the molecule is C[C@H]1CC[C@H]2C(=CCCC2(C)C)[C@@]1(C)CCC(CCCC1=CCN(CCc2cnc[nH]2)C1=O)COS(=O)(=O)O. The molecule has 0 radical (unpaired) electrons. The highest BCUT2D eigenvalue weighted by atomic mass is 32.3. The second-order valence-electron chi connectivity index (χ2n) is 13.0. The number of hydrogen-bond donors (Lipinski definition) is 2. The van der Waals surface area contributed by atoms with Crippen LogP contribution in [0.2, 0.25) is 0 Å². The lowest BCUT2D eigenvalue weighted by Crippen LogP contribution is -2.43. The van der Waals surface area contributed by atoms with Crippen LogP contribution in [0.15, 0.2) is 35.8 Å². The molecule has 3 aliphatic rings. The van der Waals surface area contributed by atoms with Gasteiger partial charge < -0.3 is 9.88 Å². The van der Waals surface area contributed by atoms with Crippen molar-refractivity contribution in [3.8, 4) is 0 Å². The van der Waals surface area contributed by atoms with Crippen LogP contribution < -0.4 is 0 Å². The van der Waals surface area contributed by atoms with Crippen molar-refractivity contribution >= 4 is 16.3 Å². The number of rotatable bonds is 13. The zero-order chi connectivity index (χ0) is 28.3. The number of hydrogen-bond acceptors (Lipinski definition) is 5. The number of carbonyl (C=O) groups is 1. The van der Waals surface area contributed by atoms with Crippen molar-refractivity contribution in [1.82, 2.24) is 14.9 Å². The predicted octanol–water partition coefficient (Wildman–Crippen LogP) is 5.91. The van der Waals surface area contributed by atoms with Gasteiger partial charge in [-0.1, -0.05) is 45.4 Å². The minimum atomic E-state index is -4.50. The van der Waals surface area contributed by atoms with E-state index in [9.17, 15) is 17.8 Å². The third-order valence-electron chi connectivity index (χ3n) is 10.0. The van der Waals surface area contributed by atoms with E-state index in [1.54, 1.807) is 18.1 Å². The van der Waals surface area contributed by atoms with Crippen LogP contribution in [0.4, 0.5) is 0 Å². The van der Waals surface area contributed by atoms with Crippen LogP contribution in [0.5, 0.6) is 0 Å². The zero-order valence-corrected chi connectivity index (χ0v) is 24.9. The van der Waals surface area contributed by atoms with Crippen LogP contribution >= 0.6 is 0 Å². The van der Waals surface area contributed by atoms with Crippen LogP contribution in [-0.2, 0) is 25.8 Å². The second-order valence-corrected chi connectivity index (χ2v) is 14.0. The maximum absolute atomic E-state index is 12.9. The number of aromatic nitrogens is 2. The summed E-state index contributed by atoms with van der Waals surface area (Å²) in [6.07, 6.45) is 17.5. The molecule has 0 aromatic carbocycles. The highest BCUT2D eigenvalue weighted by Crippen LogP contribution is 2.58. The molecule has 1 unspecified atom stereocenters. The van der Waals surface area contributed by atoms with Crippen LogP contribution in [-0.4, -0.2) is 53.4 Å². The van der Waals surface area contributed by atoms with Crippen LogP contribution in [0.25, 0.3) is 0 Å². The van der Waals surface area contributed by atoms with E-state index in [0.717, 1.165) is 49.8 Å². The molecule has 2 aliphatic carbocycles. The summed E-state index contributed by atoms with van der Waals surface area (Å²) in [7, 11) is -4.50. The summed E-state index contributed by atoms with van der Waals surface area (Å²) in [5.74, 6) is 1.24. The lowest BCUT2D eigenvalue weighted by Gasteiger charge is -2.53. The molecule has 1 aromatic rings. The summed E-state index contributed by atoms with van der Waals surface area (Å²) in [6, 6.07) is 0. The molecule has 0 saturated heterocycles. The molecule has 218 valence electrons. The fourth-order valence-electron chi connectivity index (χ4n) is 7.18. The number of nitrogens with zero attached hydrogens (tertiary/aromatic N) is 2. The average molecular weight is 562 g/mol. The van der Waals surface area contributed by atoms with E-state index < -0.39 is 10.4 Å². The van der Waals surface area contributed by atoms with Crippen LogP contribution in [0.1, 0.15) is 91.2 Å². The van der Waals surface area contributed by atoms with Gasteiger partial charge in [0.25, 0.3) is 0 Å². The first-order valence-electron chi connectivity index (χ1n) is 14.7. The van der Waals surface area contributed by atoms with Crippen molar-refractivity contribution in [3.63, 3.8) is 0 Å². The summed E-state index contributed by atoms with van der Waals surface area (Å²) in [6.45, 7) is 10.8. The summed E-state index contributed by atoms with van der Waals surface area (Å²) >= 11 is 0. The van der Waals surface area contributed by atoms with E-state index >= 15 is 0 Å². The lowest BCUT2D eigenvalue weighted by molar-refractivity contribution is -0.125. The number of nitrogens with one attached hydrogen (secondary N) is 1. The standard InChI is InChI=1S/C30H47N3O5S/c1-22-10-11-26-27(9-6-15-29(26,2)3)30(22,4)16-12-23(20-38-39(35,36)37)7-5-8-24-13-17-33(28(24)34)18-14-25-19-31-21-32-25/h9,13,19,21-23,26H,5-8,10-12,14-18,20H2,1-4H3,(H,31,32)(H,35,36,37)/t22-,23?,26-,30-/m0/s1. The molecular formula is C30H47N3O5S. The number of imidazole rings is 1. The van der Waals surface area contributed by atoms with Gasteiger partial charge >= 0.3 is 10.4 Å². The molecule has 0 spiro atoms. The minimum Gasteiger partial charge on any atom is -0.348 e. The van der Waals surface area contributed by atoms with E-state index in [1.807, 2.05) is 11.0 Å². The molecule has 1 aromatic heterocycles. The number of fused-ring (bicyclic) bond motifs is 1. The first-order chi connectivity index (χ1) is 18.4. The first-order valence-corrected chi connectivity index (χ1v) is 16.0. The van der Waals surface area contributed by atoms with Gasteiger partial charge in [0, 0.05) is 37.0 Å². The fourth-order valence-corrected chi connectivity index (χ4v) is 7.54. The Morgan fingerprint density at radius 2 is 2.00 bits per heavy atom. The Hall–Kier alpha value is -1.97. The normalized spacial score (nSPS) is 27.7. The van der Waals surface area contributed by atoms with Crippen LogP contribution in [0, 0.1) is 28.6 Å². The zero-order valence-electron chi connectivity index (χ0n) is 24.1. The Kier molecular flexibility index (Phi) is 9.44. The molecule has 2 N–H and O–H groups in total. The van der Waals surface area contributed by atoms with E-state index in [2.05, 4.69) is 43.7 Å². The van der Waals surface area contributed by atoms with Gasteiger partial charge in [0.2, 0.25) is 5.91 Å². The third-order valence-corrected chi connectivity index (χ3v) is 10.5. The second kappa shape index (κ2) is 12.3. The number of aromatic amines is 1. The number of H-pyrrole nitrogens is 1. The van der Waals surface area contributed by atoms with Crippen molar-refractivity contribution in [2.75, 3.05) is 19.7 Å². The van der Waals surface area contributed by atoms with Crippen molar-refractivity contribution in [2.24, 2.45) is 28.6 Å². The lowest BCUT2D eigenvalue weighted by atomic mass is 9.52. The monoisotopic (exact) mass is 561 g/mol. The van der Waals surface area contributed by atoms with Gasteiger partial charge in [-0.2, -0.15) is 8.42 Å². The quantitative estimate of drug-likeness (QED) is 0.229. The van der Waals surface area contributed by atoms with Crippen LogP contribution in [0.3, 0.4) is 0 Å². The van der Waals surface area contributed by atoms with Crippen molar-refractivity contribution in [1.29, 1.82) is 0 Å². The molecule has 1 fully saturated rings. The molecule has 0 bridgehead atoms. The van der Waals surface area contributed by atoms with Gasteiger partial charge in [-0.05, 0) is 86.4 Å². The Morgan fingerprint density at radius 3 is 2.72 bits per heavy atom. The Bertz CT molecular complexity index is 1160. The van der Waals surface area contributed by atoms with E-state index in [4.69, 9.17) is 4.18 Å². The first kappa shape index (κ1) is 30.0. The molecule has 1 amide bonds. The summed E-state index contributed by atoms with van der Waals surface area (Å²) in [5.41, 5.74) is 3.84. The number of allylic oxidation sites excluding steroid dienone is 2. The summed E-state index contributed by atoms with van der Waals surface area (Å²) in [4.78, 5) is 21.8. The largest absolute Gasteiger partial charge is 0.397 e. The predicted molar refractivity (Wildman–Crippen MR) is 152 cm³/mol. The van der Waals surface area contributed by atoms with E-state index in [0.29, 0.717) is 36.8 Å². The molecule has 39 heavy (non-hydrogen) atoms. The highest BCUT2D eigenvalue weighted by molar-refractivity contribution is 7.80. The summed E-state index contributed by atoms with van der Waals surface area (Å²) < 4.78 is 36.9. The van der Waals surface area contributed by atoms with Gasteiger partial charge in [-0.25, -0.2) is 9.17 Å². The fraction of sp³-hybridized carbons (Fsp3) is 0.733. The minimum absolute atomic E-state index is 0.0119. The molecule has 2 heterocycles. The molecule has 9 heteroatoms. The molecule has 4 atom stereocenters. The van der Waals surface area contributed by atoms with Gasteiger partial charge in [0.05, 0.1) is 12.9 Å². The smallest absolute Gasteiger partial charge is 0.348 e. The van der Waals surface area contributed by atoms with Gasteiger partial charge in [0.1, 0.15) is 0 Å². The van der Waals surface area contributed by atoms with Crippen molar-refractivity contribution < 1.29 is 21.9 Å². The van der Waals surface area contributed by atoms with Gasteiger partial charge in [0.15, 0.2) is 0 Å². The van der Waals surface area contributed by atoms with Gasteiger partial charge in [-0.3, -0.25) is 9.35 Å². The molecule has 1 aliphatic heterocycles. The Balaban J connectivity index is 1.33. The maximum Gasteiger partial charge on any atom is 0.397 e. The maximum atomic E-state index is 12.9. The number of amides is 1. The Labute approximate surface area is 234 Å².